The van der Waals surface area contributed by atoms with Gasteiger partial charge in [-0.15, -0.1) is 7.05 Å². The van der Waals surface area contributed by atoms with Gasteiger partial charge in [0.05, 0.1) is 0 Å². The first-order valence-corrected chi connectivity index (χ1v) is 6.04. The van der Waals surface area contributed by atoms with E-state index in [-0.39, 0.29) is 4.90 Å². The van der Waals surface area contributed by atoms with E-state index >= 15 is 0 Å². The Morgan fingerprint density at radius 2 is 1.67 bits per heavy atom. The summed E-state index contributed by atoms with van der Waals surface area (Å²) in [7, 11) is -0.0249. The Kier molecular flexibility index (Phi) is 2.46. The van der Waals surface area contributed by atoms with E-state index in [0.717, 1.165) is 15.5 Å². The number of sulfonamides is 1. The molecule has 0 amide bonds. The Morgan fingerprint density at radius 1 is 1.00 bits per heavy atom. The highest BCUT2D eigenvalue weighted by Gasteiger charge is 2.12. The molecule has 0 fully saturated rings. The van der Waals surface area contributed by atoms with Crippen LogP contribution < -0.4 is 4.72 Å². The molecule has 2 aromatic rings. The average molecular weight is 221 g/mol. The van der Waals surface area contributed by atoms with Crippen LogP contribution in [0.5, 0.6) is 0 Å². The maximum absolute atomic E-state index is 11.5. The van der Waals surface area contributed by atoms with Crippen molar-refractivity contribution in [3.8, 4) is 0 Å². The molecule has 0 saturated carbocycles. The first-order chi connectivity index (χ1) is 7.13. The molecule has 0 bridgehead atoms. The van der Waals surface area contributed by atoms with Crippen LogP contribution in [-0.4, -0.2) is 8.42 Å². The third-order valence-corrected chi connectivity index (χ3v) is 3.62. The molecule has 78 valence electrons. The summed E-state index contributed by atoms with van der Waals surface area (Å²) in [6, 6.07) is 12.7. The van der Waals surface area contributed by atoms with Gasteiger partial charge in [0, 0.05) is 0 Å². The second-order valence-corrected chi connectivity index (χ2v) is 5.12. The van der Waals surface area contributed by atoms with Gasteiger partial charge in [-0.3, -0.25) is 0 Å². The molecular formula is C11H11NO2S. The summed E-state index contributed by atoms with van der Waals surface area (Å²) in [5.74, 6) is 0. The van der Waals surface area contributed by atoms with E-state index < -0.39 is 10.0 Å². The molecule has 0 heterocycles. The Labute approximate surface area is 88.8 Å². The molecule has 0 spiro atoms. The van der Waals surface area contributed by atoms with Gasteiger partial charge >= 0.3 is 0 Å². The molecule has 0 aliphatic carbocycles. The zero-order chi connectivity index (χ0) is 10.9. The van der Waals surface area contributed by atoms with Crippen LogP contribution in [0.4, 0.5) is 0 Å². The molecule has 3 nitrogen and oxygen atoms in total. The monoisotopic (exact) mass is 221 g/mol. The SMILES string of the molecule is [CH2-][NH2+]S(=O)(=O)c1ccc2ccccc2c1. The number of hydrogen-bond donors (Lipinski definition) is 1. The van der Waals surface area contributed by atoms with E-state index in [9.17, 15) is 8.42 Å². The number of rotatable bonds is 2. The summed E-state index contributed by atoms with van der Waals surface area (Å²) in [4.78, 5) is 0.288. The molecule has 0 unspecified atom stereocenters. The fraction of sp³-hybridized carbons (Fsp3) is 0. The summed E-state index contributed by atoms with van der Waals surface area (Å²) in [6.07, 6.45) is 0. The van der Waals surface area contributed by atoms with Crippen LogP contribution in [0.3, 0.4) is 0 Å². The second kappa shape index (κ2) is 3.64. The lowest BCUT2D eigenvalue weighted by Crippen LogP contribution is -2.80. The van der Waals surface area contributed by atoms with Crippen LogP contribution in [0.2, 0.25) is 0 Å². The predicted molar refractivity (Wildman–Crippen MR) is 58.4 cm³/mol. The van der Waals surface area contributed by atoms with Crippen LogP contribution in [0.25, 0.3) is 10.8 Å². The van der Waals surface area contributed by atoms with Gasteiger partial charge in [-0.05, 0) is 22.9 Å². The number of nitrogens with two attached hydrogens (primary N) is 1. The minimum atomic E-state index is -3.33. The molecule has 0 aromatic heterocycles. The molecule has 0 aliphatic rings. The molecule has 0 aliphatic heterocycles. The van der Waals surface area contributed by atoms with Crippen molar-refractivity contribution >= 4 is 20.8 Å². The van der Waals surface area contributed by atoms with Crippen molar-refractivity contribution in [2.24, 2.45) is 0 Å². The number of quaternary nitrogens is 1. The quantitative estimate of drug-likeness (QED) is 0.765. The fourth-order valence-corrected chi connectivity index (χ4v) is 2.18. The predicted octanol–water partition coefficient (Wildman–Crippen LogP) is 0.883. The third-order valence-electron chi connectivity index (χ3n) is 2.27. The minimum Gasteiger partial charge on any atom is -0.367 e. The van der Waals surface area contributed by atoms with Crippen molar-refractivity contribution < 1.29 is 13.1 Å². The highest BCUT2D eigenvalue weighted by molar-refractivity contribution is 7.84. The Balaban J connectivity index is 2.67. The van der Waals surface area contributed by atoms with Gasteiger partial charge in [-0.1, -0.05) is 30.3 Å². The van der Waals surface area contributed by atoms with Gasteiger partial charge in [0.1, 0.15) is 4.90 Å². The zero-order valence-electron chi connectivity index (χ0n) is 8.05. The Bertz CT molecular complexity index is 590. The van der Waals surface area contributed by atoms with Crippen LogP contribution in [0.1, 0.15) is 0 Å². The molecule has 2 aromatic carbocycles. The zero-order valence-corrected chi connectivity index (χ0v) is 8.87. The van der Waals surface area contributed by atoms with E-state index in [1.165, 1.54) is 0 Å². The number of benzene rings is 2. The van der Waals surface area contributed by atoms with Gasteiger partial charge < -0.3 is 4.72 Å². The Hall–Kier alpha value is -1.39. The topological polar surface area (TPSA) is 50.8 Å². The molecule has 0 atom stereocenters. The average Bonchev–Trinajstić information content (AvgIpc) is 2.28. The molecule has 0 radical (unpaired) electrons. The second-order valence-electron chi connectivity index (χ2n) is 3.22. The molecule has 2 N–H and O–H groups in total. The van der Waals surface area contributed by atoms with Gasteiger partial charge in [0.15, 0.2) is 0 Å². The van der Waals surface area contributed by atoms with Gasteiger partial charge in [0.25, 0.3) is 10.0 Å². The van der Waals surface area contributed by atoms with Crippen molar-refractivity contribution in [1.82, 2.24) is 0 Å². The summed E-state index contributed by atoms with van der Waals surface area (Å²) in [5, 5.41) is 1.95. The van der Waals surface area contributed by atoms with Crippen molar-refractivity contribution in [3.63, 3.8) is 0 Å². The van der Waals surface area contributed by atoms with Gasteiger partial charge in [0.2, 0.25) is 0 Å². The lowest BCUT2D eigenvalue weighted by molar-refractivity contribution is -0.424. The summed E-state index contributed by atoms with van der Waals surface area (Å²) >= 11 is 0. The smallest absolute Gasteiger partial charge is 0.299 e. The maximum atomic E-state index is 11.5. The van der Waals surface area contributed by atoms with E-state index in [2.05, 4.69) is 7.05 Å². The lowest BCUT2D eigenvalue weighted by atomic mass is 10.1. The van der Waals surface area contributed by atoms with Crippen molar-refractivity contribution in [1.29, 1.82) is 0 Å². The van der Waals surface area contributed by atoms with E-state index in [1.807, 2.05) is 24.3 Å². The van der Waals surface area contributed by atoms with Crippen LogP contribution in [-0.2, 0) is 10.0 Å². The van der Waals surface area contributed by atoms with Crippen LogP contribution in [0.15, 0.2) is 47.4 Å². The first-order valence-electron chi connectivity index (χ1n) is 4.50. The normalized spacial score (nSPS) is 11.8. The number of fused-ring (bicyclic) bond motifs is 1. The lowest BCUT2D eigenvalue weighted by Gasteiger charge is -2.04. The third kappa shape index (κ3) is 1.86. The summed E-state index contributed by atoms with van der Waals surface area (Å²) < 4.78 is 24.0. The summed E-state index contributed by atoms with van der Waals surface area (Å²) in [5.41, 5.74) is 0. The molecule has 0 saturated heterocycles. The van der Waals surface area contributed by atoms with E-state index in [4.69, 9.17) is 0 Å². The van der Waals surface area contributed by atoms with Crippen molar-refractivity contribution in [2.45, 2.75) is 4.90 Å². The molecule has 15 heavy (non-hydrogen) atoms. The molecule has 4 heteroatoms. The standard InChI is InChI=1S/C11H11NO2S/c1-12-15(13,14)11-7-6-9-4-2-3-5-10(9)8-11/h2-8H,1,12H2. The highest BCUT2D eigenvalue weighted by atomic mass is 32.2. The fourth-order valence-electron chi connectivity index (χ4n) is 1.44. The maximum Gasteiger partial charge on any atom is 0.299 e. The number of hydrogen-bond acceptors (Lipinski definition) is 2. The van der Waals surface area contributed by atoms with E-state index in [0.29, 0.717) is 0 Å². The van der Waals surface area contributed by atoms with Crippen molar-refractivity contribution in [2.75, 3.05) is 0 Å². The molecular weight excluding hydrogens is 210 g/mol. The van der Waals surface area contributed by atoms with Crippen LogP contribution >= 0.6 is 0 Å². The van der Waals surface area contributed by atoms with Gasteiger partial charge in [-0.25, -0.2) is 0 Å². The highest BCUT2D eigenvalue weighted by Crippen LogP contribution is 2.17. The van der Waals surface area contributed by atoms with E-state index in [1.54, 1.807) is 18.2 Å². The van der Waals surface area contributed by atoms with Gasteiger partial charge in [-0.2, -0.15) is 8.42 Å². The Morgan fingerprint density at radius 3 is 2.33 bits per heavy atom. The summed E-state index contributed by atoms with van der Waals surface area (Å²) in [6.45, 7) is 0. The molecule has 2 rings (SSSR count). The van der Waals surface area contributed by atoms with Crippen molar-refractivity contribution in [3.05, 3.63) is 49.5 Å². The first kappa shape index (κ1) is 10.1. The minimum absolute atomic E-state index is 0.288. The largest absolute Gasteiger partial charge is 0.367 e. The van der Waals surface area contributed by atoms with Crippen LogP contribution in [0, 0.1) is 7.05 Å². The number of primary sulfonamides is 1.